The third kappa shape index (κ3) is 2.83. The van der Waals surface area contributed by atoms with Crippen LogP contribution in [0.3, 0.4) is 0 Å². The molecule has 17 heavy (non-hydrogen) atoms. The number of carboxylic acid groups (broad SMARTS) is 1. The first kappa shape index (κ1) is 12.1. The van der Waals surface area contributed by atoms with Crippen LogP contribution in [0.5, 0.6) is 0 Å². The number of rotatable bonds is 3. The van der Waals surface area contributed by atoms with Gasteiger partial charge in [-0.1, -0.05) is 0 Å². The van der Waals surface area contributed by atoms with Crippen molar-refractivity contribution in [3.8, 4) is 0 Å². The minimum Gasteiger partial charge on any atom is -0.478 e. The molecule has 0 fully saturated rings. The number of carbonyl (C=O) groups is 1. The maximum Gasteiger partial charge on any atom is 0.335 e. The average Bonchev–Trinajstić information content (AvgIpc) is 2.58. The van der Waals surface area contributed by atoms with Gasteiger partial charge in [0.2, 0.25) is 0 Å². The lowest BCUT2D eigenvalue weighted by atomic mass is 10.3. The second-order valence-corrected chi connectivity index (χ2v) is 5.88. The molecule has 2 aromatic rings. The second kappa shape index (κ2) is 4.85. The SMILES string of the molecule is Cc1nc(Sc2cc(C(=O)O)ccn2)sc1C. The lowest BCUT2D eigenvalue weighted by Gasteiger charge is -1.98. The fourth-order valence-electron chi connectivity index (χ4n) is 1.17. The Labute approximate surface area is 107 Å². The molecule has 0 aliphatic heterocycles. The lowest BCUT2D eigenvalue weighted by molar-refractivity contribution is 0.0696. The van der Waals surface area contributed by atoms with E-state index in [9.17, 15) is 4.79 Å². The van der Waals surface area contributed by atoms with Crippen LogP contribution < -0.4 is 0 Å². The van der Waals surface area contributed by atoms with Gasteiger partial charge in [0.25, 0.3) is 0 Å². The number of pyridine rings is 1. The highest BCUT2D eigenvalue weighted by atomic mass is 32.2. The molecule has 0 atom stereocenters. The van der Waals surface area contributed by atoms with E-state index < -0.39 is 5.97 Å². The van der Waals surface area contributed by atoms with Crippen LogP contribution >= 0.6 is 23.1 Å². The van der Waals surface area contributed by atoms with Gasteiger partial charge < -0.3 is 5.11 Å². The zero-order chi connectivity index (χ0) is 12.4. The number of thiazole rings is 1. The molecule has 0 aliphatic carbocycles. The number of aryl methyl sites for hydroxylation is 2. The van der Waals surface area contributed by atoms with Gasteiger partial charge in [0.15, 0.2) is 4.34 Å². The molecule has 2 aromatic heterocycles. The van der Waals surface area contributed by atoms with E-state index in [0.717, 1.165) is 10.0 Å². The molecule has 0 radical (unpaired) electrons. The molecule has 4 nitrogen and oxygen atoms in total. The molecule has 6 heteroatoms. The summed E-state index contributed by atoms with van der Waals surface area (Å²) in [5.74, 6) is -0.944. The summed E-state index contributed by atoms with van der Waals surface area (Å²) in [6, 6.07) is 3.03. The van der Waals surface area contributed by atoms with Crippen molar-refractivity contribution in [3.05, 3.63) is 34.5 Å². The second-order valence-electron chi connectivity index (χ2n) is 3.41. The van der Waals surface area contributed by atoms with E-state index in [1.807, 2.05) is 13.8 Å². The third-order valence-corrected chi connectivity index (χ3v) is 4.25. The van der Waals surface area contributed by atoms with Crippen molar-refractivity contribution in [1.29, 1.82) is 0 Å². The fraction of sp³-hybridized carbons (Fsp3) is 0.182. The number of hydrogen-bond acceptors (Lipinski definition) is 5. The van der Waals surface area contributed by atoms with Crippen LogP contribution in [0.15, 0.2) is 27.7 Å². The maximum atomic E-state index is 10.8. The molecule has 0 amide bonds. The standard InChI is InChI=1S/C11H10N2O2S2/c1-6-7(2)16-11(13-6)17-9-5-8(10(14)15)3-4-12-9/h3-5H,1-2H3,(H,14,15). The summed E-state index contributed by atoms with van der Waals surface area (Å²) in [5, 5.41) is 9.53. The summed E-state index contributed by atoms with van der Waals surface area (Å²) in [5.41, 5.74) is 1.25. The predicted molar refractivity (Wildman–Crippen MR) is 66.9 cm³/mol. The van der Waals surface area contributed by atoms with Crippen LogP contribution in [-0.2, 0) is 0 Å². The molecule has 0 bridgehead atoms. The van der Waals surface area contributed by atoms with E-state index in [0.29, 0.717) is 5.03 Å². The molecule has 88 valence electrons. The van der Waals surface area contributed by atoms with Crippen molar-refractivity contribution >= 4 is 29.1 Å². The minimum absolute atomic E-state index is 0.243. The maximum absolute atomic E-state index is 10.8. The summed E-state index contributed by atoms with van der Waals surface area (Å²) in [6.07, 6.45) is 1.50. The van der Waals surface area contributed by atoms with E-state index in [1.54, 1.807) is 17.4 Å². The van der Waals surface area contributed by atoms with Crippen LogP contribution in [0.25, 0.3) is 0 Å². The first-order chi connectivity index (χ1) is 8.06. The van der Waals surface area contributed by atoms with Crippen molar-refractivity contribution < 1.29 is 9.90 Å². The van der Waals surface area contributed by atoms with Crippen LogP contribution in [0, 0.1) is 13.8 Å². The van der Waals surface area contributed by atoms with Crippen molar-refractivity contribution in [1.82, 2.24) is 9.97 Å². The Kier molecular flexibility index (Phi) is 3.44. The summed E-state index contributed by atoms with van der Waals surface area (Å²) in [7, 11) is 0. The smallest absolute Gasteiger partial charge is 0.335 e. The Morgan fingerprint density at radius 2 is 2.24 bits per heavy atom. The molecule has 1 N–H and O–H groups in total. The Bertz CT molecular complexity index is 547. The quantitative estimate of drug-likeness (QED) is 0.925. The van der Waals surface area contributed by atoms with Gasteiger partial charge in [0.05, 0.1) is 11.3 Å². The number of aromatic carboxylic acids is 1. The van der Waals surface area contributed by atoms with Crippen LogP contribution in [0.2, 0.25) is 0 Å². The van der Waals surface area contributed by atoms with Gasteiger partial charge in [-0.05, 0) is 37.7 Å². The first-order valence-electron chi connectivity index (χ1n) is 4.87. The summed E-state index contributed by atoms with van der Waals surface area (Å²) in [4.78, 5) is 20.5. The lowest BCUT2D eigenvalue weighted by Crippen LogP contribution is -1.96. The summed E-state index contributed by atoms with van der Waals surface area (Å²) < 4.78 is 0.884. The van der Waals surface area contributed by atoms with Gasteiger partial charge in [-0.25, -0.2) is 14.8 Å². The highest BCUT2D eigenvalue weighted by molar-refractivity contribution is 8.01. The molecule has 0 saturated carbocycles. The van der Waals surface area contributed by atoms with Crippen LogP contribution in [0.4, 0.5) is 0 Å². The van der Waals surface area contributed by atoms with Gasteiger partial charge in [-0.2, -0.15) is 0 Å². The number of carboxylic acids is 1. The molecule has 0 aromatic carbocycles. The Hall–Kier alpha value is -1.40. The molecule has 2 heterocycles. The molecule has 2 rings (SSSR count). The van der Waals surface area contributed by atoms with E-state index in [4.69, 9.17) is 5.11 Å². The molecule has 0 unspecified atom stereocenters. The zero-order valence-corrected chi connectivity index (χ0v) is 10.9. The monoisotopic (exact) mass is 266 g/mol. The Morgan fingerprint density at radius 1 is 1.47 bits per heavy atom. The van der Waals surface area contributed by atoms with Gasteiger partial charge in [0.1, 0.15) is 5.03 Å². The Balaban J connectivity index is 2.24. The van der Waals surface area contributed by atoms with E-state index in [2.05, 4.69) is 9.97 Å². The van der Waals surface area contributed by atoms with Gasteiger partial charge in [0, 0.05) is 11.1 Å². The predicted octanol–water partition coefficient (Wildman–Crippen LogP) is 3.00. The highest BCUT2D eigenvalue weighted by Crippen LogP contribution is 2.31. The van der Waals surface area contributed by atoms with Crippen LogP contribution in [-0.4, -0.2) is 21.0 Å². The van der Waals surface area contributed by atoms with Crippen LogP contribution in [0.1, 0.15) is 20.9 Å². The first-order valence-corrected chi connectivity index (χ1v) is 6.51. The van der Waals surface area contributed by atoms with Crippen molar-refractivity contribution in [3.63, 3.8) is 0 Å². The molecule has 0 saturated heterocycles. The zero-order valence-electron chi connectivity index (χ0n) is 9.30. The van der Waals surface area contributed by atoms with Crippen molar-refractivity contribution in [2.75, 3.05) is 0 Å². The Morgan fingerprint density at radius 3 is 2.82 bits per heavy atom. The average molecular weight is 266 g/mol. The summed E-state index contributed by atoms with van der Waals surface area (Å²) >= 11 is 2.97. The molecule has 0 spiro atoms. The van der Waals surface area contributed by atoms with Crippen molar-refractivity contribution in [2.24, 2.45) is 0 Å². The van der Waals surface area contributed by atoms with Crippen molar-refractivity contribution in [2.45, 2.75) is 23.2 Å². The van der Waals surface area contributed by atoms with Gasteiger partial charge in [-0.3, -0.25) is 0 Å². The molecule has 0 aliphatic rings. The van der Waals surface area contributed by atoms with Gasteiger partial charge >= 0.3 is 5.97 Å². The minimum atomic E-state index is -0.944. The van der Waals surface area contributed by atoms with E-state index in [-0.39, 0.29) is 5.56 Å². The largest absolute Gasteiger partial charge is 0.478 e. The topological polar surface area (TPSA) is 63.1 Å². The van der Waals surface area contributed by atoms with Gasteiger partial charge in [-0.15, -0.1) is 11.3 Å². The number of nitrogens with zero attached hydrogens (tertiary/aromatic N) is 2. The number of aromatic nitrogens is 2. The molecular weight excluding hydrogens is 256 g/mol. The number of hydrogen-bond donors (Lipinski definition) is 1. The highest BCUT2D eigenvalue weighted by Gasteiger charge is 2.09. The fourth-order valence-corrected chi connectivity index (χ4v) is 3.27. The third-order valence-electron chi connectivity index (χ3n) is 2.18. The summed E-state index contributed by atoms with van der Waals surface area (Å²) in [6.45, 7) is 3.97. The normalized spacial score (nSPS) is 10.5. The van der Waals surface area contributed by atoms with E-state index >= 15 is 0 Å². The van der Waals surface area contributed by atoms with E-state index in [1.165, 1.54) is 28.9 Å². The molecular formula is C11H10N2O2S2.